The Bertz CT molecular complexity index is 993. The largest absolute Gasteiger partial charge is 0.496 e. The second-order valence-corrected chi connectivity index (χ2v) is 5.82. The average Bonchev–Trinajstić information content (AvgIpc) is 3.18. The van der Waals surface area contributed by atoms with Gasteiger partial charge in [-0.1, -0.05) is 11.6 Å². The van der Waals surface area contributed by atoms with Gasteiger partial charge >= 0.3 is 0 Å². The molecule has 3 rings (SSSR count). The lowest BCUT2D eigenvalue weighted by Crippen LogP contribution is -1.86. The van der Waals surface area contributed by atoms with Crippen LogP contribution in [0.5, 0.6) is 5.75 Å². The van der Waals surface area contributed by atoms with Gasteiger partial charge in [0.25, 0.3) is 0 Å². The molecule has 0 aliphatic carbocycles. The number of halogens is 1. The van der Waals surface area contributed by atoms with Gasteiger partial charge in [0.1, 0.15) is 34.7 Å². The van der Waals surface area contributed by atoms with E-state index in [1.807, 2.05) is 6.92 Å². The van der Waals surface area contributed by atoms with Crippen LogP contribution < -0.4 is 4.74 Å². The van der Waals surface area contributed by atoms with Crippen molar-refractivity contribution in [2.75, 3.05) is 7.11 Å². The van der Waals surface area contributed by atoms with Crippen molar-refractivity contribution in [3.05, 3.63) is 58.0 Å². The third-order valence-electron chi connectivity index (χ3n) is 3.84. The molecule has 0 N–H and O–H groups in total. The molecule has 0 spiro atoms. The smallest absolute Gasteiger partial charge is 0.237 e. The molecule has 25 heavy (non-hydrogen) atoms. The molecular weight excluding hydrogens is 340 g/mol. The summed E-state index contributed by atoms with van der Waals surface area (Å²) in [6.45, 7) is 3.62. The maximum absolute atomic E-state index is 9.21. The van der Waals surface area contributed by atoms with E-state index < -0.39 is 0 Å². The Morgan fingerprint density at radius 1 is 1.20 bits per heavy atom. The number of nitriles is 1. The second-order valence-electron chi connectivity index (χ2n) is 5.38. The molecule has 0 fully saturated rings. The number of methoxy groups -OCH3 is 1. The van der Waals surface area contributed by atoms with Crippen LogP contribution in [0.25, 0.3) is 11.3 Å². The minimum absolute atomic E-state index is 0.274. The molecular formula is C19H15ClN2O3. The van der Waals surface area contributed by atoms with E-state index in [4.69, 9.17) is 25.2 Å². The standard InChI is InChI=1S/C19H15ClN2O3/c1-11-12(2)24-19(16(11)9-21)22-10-14-5-7-18(25-14)15-8-13(20)4-6-17(15)23-3/h4-8,10H,1-3H3. The highest BCUT2D eigenvalue weighted by molar-refractivity contribution is 6.30. The van der Waals surface area contributed by atoms with E-state index in [-0.39, 0.29) is 5.88 Å². The Kier molecular flexibility index (Phi) is 4.64. The molecule has 0 saturated carbocycles. The van der Waals surface area contributed by atoms with Crippen molar-refractivity contribution in [3.63, 3.8) is 0 Å². The lowest BCUT2D eigenvalue weighted by atomic mass is 10.1. The van der Waals surface area contributed by atoms with Crippen molar-refractivity contribution in [2.24, 2.45) is 4.99 Å². The van der Waals surface area contributed by atoms with E-state index in [9.17, 15) is 5.26 Å². The van der Waals surface area contributed by atoms with Crippen molar-refractivity contribution in [2.45, 2.75) is 13.8 Å². The van der Waals surface area contributed by atoms with Gasteiger partial charge in [-0.25, -0.2) is 4.99 Å². The van der Waals surface area contributed by atoms with Crippen molar-refractivity contribution in [3.8, 4) is 23.1 Å². The first-order chi connectivity index (χ1) is 12.0. The van der Waals surface area contributed by atoms with Crippen LogP contribution >= 0.6 is 11.6 Å². The molecule has 0 amide bonds. The summed E-state index contributed by atoms with van der Waals surface area (Å²) in [6, 6.07) is 11.0. The van der Waals surface area contributed by atoms with E-state index in [0.29, 0.717) is 33.6 Å². The van der Waals surface area contributed by atoms with Gasteiger partial charge in [-0.05, 0) is 44.2 Å². The lowest BCUT2D eigenvalue weighted by molar-refractivity contribution is 0.414. The van der Waals surface area contributed by atoms with Crippen molar-refractivity contribution < 1.29 is 13.6 Å². The number of nitrogens with zero attached hydrogens (tertiary/aromatic N) is 2. The molecule has 3 aromatic rings. The van der Waals surface area contributed by atoms with Crippen molar-refractivity contribution in [1.29, 1.82) is 5.26 Å². The van der Waals surface area contributed by atoms with E-state index >= 15 is 0 Å². The maximum atomic E-state index is 9.21. The average molecular weight is 355 g/mol. The topological polar surface area (TPSA) is 71.7 Å². The highest BCUT2D eigenvalue weighted by Crippen LogP contribution is 2.33. The zero-order chi connectivity index (χ0) is 18.0. The van der Waals surface area contributed by atoms with E-state index in [1.165, 1.54) is 6.21 Å². The maximum Gasteiger partial charge on any atom is 0.237 e. The van der Waals surface area contributed by atoms with Gasteiger partial charge in [-0.2, -0.15) is 5.26 Å². The quantitative estimate of drug-likeness (QED) is 0.585. The van der Waals surface area contributed by atoms with Crippen LogP contribution in [0, 0.1) is 25.2 Å². The molecule has 2 heterocycles. The first kappa shape index (κ1) is 16.9. The minimum atomic E-state index is 0.274. The van der Waals surface area contributed by atoms with Gasteiger partial charge < -0.3 is 13.6 Å². The Morgan fingerprint density at radius 3 is 2.72 bits per heavy atom. The zero-order valence-corrected chi connectivity index (χ0v) is 14.7. The molecule has 6 heteroatoms. The van der Waals surface area contributed by atoms with E-state index in [0.717, 1.165) is 11.1 Å². The minimum Gasteiger partial charge on any atom is -0.496 e. The fourth-order valence-corrected chi connectivity index (χ4v) is 2.57. The van der Waals surface area contributed by atoms with Crippen LogP contribution in [0.4, 0.5) is 5.88 Å². The molecule has 0 unspecified atom stereocenters. The molecule has 0 aliphatic rings. The summed E-state index contributed by atoms with van der Waals surface area (Å²) in [5.41, 5.74) is 1.97. The van der Waals surface area contributed by atoms with E-state index in [2.05, 4.69) is 11.1 Å². The van der Waals surface area contributed by atoms with Gasteiger partial charge in [0.2, 0.25) is 5.88 Å². The van der Waals surface area contributed by atoms with Gasteiger partial charge in [0.15, 0.2) is 0 Å². The lowest BCUT2D eigenvalue weighted by Gasteiger charge is -2.06. The van der Waals surface area contributed by atoms with Crippen LogP contribution in [0.2, 0.25) is 5.02 Å². The number of benzene rings is 1. The van der Waals surface area contributed by atoms with Crippen molar-refractivity contribution in [1.82, 2.24) is 0 Å². The molecule has 0 radical (unpaired) electrons. The molecule has 1 aromatic carbocycles. The Labute approximate surface area is 150 Å². The molecule has 0 aliphatic heterocycles. The molecule has 0 saturated heterocycles. The Hall–Kier alpha value is -2.97. The number of furan rings is 2. The van der Waals surface area contributed by atoms with Crippen LogP contribution in [0.1, 0.15) is 22.6 Å². The predicted molar refractivity (Wildman–Crippen MR) is 95.9 cm³/mol. The van der Waals surface area contributed by atoms with Gasteiger partial charge in [0, 0.05) is 10.6 Å². The van der Waals surface area contributed by atoms with Gasteiger partial charge in [-0.15, -0.1) is 0 Å². The van der Waals surface area contributed by atoms with Gasteiger partial charge in [-0.3, -0.25) is 0 Å². The summed E-state index contributed by atoms with van der Waals surface area (Å²) < 4.78 is 16.6. The van der Waals surface area contributed by atoms with Crippen molar-refractivity contribution >= 4 is 23.7 Å². The molecule has 126 valence electrons. The molecule has 0 atom stereocenters. The summed E-state index contributed by atoms with van der Waals surface area (Å²) in [5, 5.41) is 9.80. The molecule has 2 aromatic heterocycles. The summed E-state index contributed by atoms with van der Waals surface area (Å²) >= 11 is 6.06. The zero-order valence-electron chi connectivity index (χ0n) is 14.0. The third-order valence-corrected chi connectivity index (χ3v) is 4.08. The SMILES string of the molecule is COc1ccc(Cl)cc1-c1ccc(C=Nc2oc(C)c(C)c2C#N)o1. The first-order valence-corrected chi connectivity index (χ1v) is 7.89. The second kappa shape index (κ2) is 6.88. The third kappa shape index (κ3) is 3.30. The van der Waals surface area contributed by atoms with Gasteiger partial charge in [0.05, 0.1) is 18.9 Å². The van der Waals surface area contributed by atoms with E-state index in [1.54, 1.807) is 44.4 Å². The highest BCUT2D eigenvalue weighted by Gasteiger charge is 2.14. The predicted octanol–water partition coefficient (Wildman–Crippen LogP) is 5.44. The van der Waals surface area contributed by atoms with Crippen LogP contribution in [0.3, 0.4) is 0 Å². The Morgan fingerprint density at radius 2 is 2.00 bits per heavy atom. The highest BCUT2D eigenvalue weighted by atomic mass is 35.5. The fraction of sp³-hybridized carbons (Fsp3) is 0.158. The number of aliphatic imine (C=N–C) groups is 1. The normalized spacial score (nSPS) is 11.0. The summed E-state index contributed by atoms with van der Waals surface area (Å²) in [4.78, 5) is 4.23. The van der Waals surface area contributed by atoms with Crippen LogP contribution in [-0.2, 0) is 0 Å². The Balaban J connectivity index is 1.92. The first-order valence-electron chi connectivity index (χ1n) is 7.51. The summed E-state index contributed by atoms with van der Waals surface area (Å²) in [6.07, 6.45) is 1.51. The number of hydrogen-bond acceptors (Lipinski definition) is 5. The number of hydrogen-bond donors (Lipinski definition) is 0. The van der Waals surface area contributed by atoms with Crippen LogP contribution in [0.15, 0.2) is 44.2 Å². The summed E-state index contributed by atoms with van der Waals surface area (Å²) in [7, 11) is 1.59. The van der Waals surface area contributed by atoms with Crippen LogP contribution in [-0.4, -0.2) is 13.3 Å². The monoisotopic (exact) mass is 354 g/mol. The molecule has 5 nitrogen and oxygen atoms in total. The fourth-order valence-electron chi connectivity index (χ4n) is 2.39. The number of aryl methyl sites for hydroxylation is 1. The number of rotatable bonds is 4. The summed E-state index contributed by atoms with van der Waals surface area (Å²) in [5.74, 6) is 2.73. The molecule has 0 bridgehead atoms. The number of ether oxygens (including phenoxy) is 1.